The fourth-order valence-corrected chi connectivity index (χ4v) is 9.90. The molecule has 0 aliphatic rings. The minimum absolute atomic E-state index is 0.105. The molecule has 0 rings (SSSR count). The van der Waals surface area contributed by atoms with Gasteiger partial charge in [-0.3, -0.25) is 0 Å². The van der Waals surface area contributed by atoms with Crippen LogP contribution in [0, 0.1) is 16.2 Å². The van der Waals surface area contributed by atoms with E-state index >= 15 is 0 Å². The molecule has 0 spiro atoms. The van der Waals surface area contributed by atoms with E-state index in [4.69, 9.17) is 18.9 Å². The molecule has 0 fully saturated rings. The highest BCUT2D eigenvalue weighted by Crippen LogP contribution is 2.58. The summed E-state index contributed by atoms with van der Waals surface area (Å²) in [7, 11) is 0. The topological polar surface area (TPSA) is 54.0 Å². The summed E-state index contributed by atoms with van der Waals surface area (Å²) < 4.78 is 28.0. The zero-order valence-electron chi connectivity index (χ0n) is 39.5. The standard InChI is InChI=1S/C51H92O5/c1-19-42(15)39-47(24-6,25-7)33-36-53-45(17,22-4)41-50(30-12,46(18,23-5)54-37-34-48(26-8,27-9)40-43(16)20-2)51(31-13,32-14)55-38-35-49(28-10,29-11)56-44(52)21-3/h19-21H,1-3,15-16,22-41H2,4-14,17-18H3. The van der Waals surface area contributed by atoms with E-state index in [0.717, 1.165) is 101 Å². The zero-order chi connectivity index (χ0) is 43.3. The summed E-state index contributed by atoms with van der Waals surface area (Å²) in [5.41, 5.74) is -0.103. The second kappa shape index (κ2) is 24.9. The fraction of sp³-hybridized carbons (Fsp3) is 0.784. The molecular formula is C51H92O5. The molecule has 0 amide bonds. The van der Waals surface area contributed by atoms with Crippen LogP contribution in [0.4, 0.5) is 0 Å². The minimum atomic E-state index is -0.611. The maximum atomic E-state index is 12.5. The third kappa shape index (κ3) is 13.6. The first-order valence-electron chi connectivity index (χ1n) is 22.7. The van der Waals surface area contributed by atoms with E-state index in [2.05, 4.69) is 123 Å². The molecule has 0 aliphatic carbocycles. The Hall–Kier alpha value is -1.95. The van der Waals surface area contributed by atoms with Crippen molar-refractivity contribution in [1.29, 1.82) is 0 Å². The Morgan fingerprint density at radius 2 is 0.964 bits per heavy atom. The molecule has 0 saturated carbocycles. The van der Waals surface area contributed by atoms with E-state index in [-0.39, 0.29) is 16.8 Å². The molecule has 5 nitrogen and oxygen atoms in total. The molecule has 3 atom stereocenters. The van der Waals surface area contributed by atoms with Crippen LogP contribution in [0.15, 0.2) is 62.3 Å². The molecule has 0 aromatic heterocycles. The molecule has 0 radical (unpaired) electrons. The average molecular weight is 785 g/mol. The van der Waals surface area contributed by atoms with Crippen molar-refractivity contribution < 1.29 is 23.7 Å². The quantitative estimate of drug-likeness (QED) is 0.0364. The zero-order valence-corrected chi connectivity index (χ0v) is 39.5. The number of allylic oxidation sites excluding steroid dienone is 4. The maximum absolute atomic E-state index is 12.5. The lowest BCUT2D eigenvalue weighted by atomic mass is 9.53. The minimum Gasteiger partial charge on any atom is -0.456 e. The Morgan fingerprint density at radius 3 is 1.30 bits per heavy atom. The summed E-state index contributed by atoms with van der Waals surface area (Å²) in [5, 5.41) is 0. The van der Waals surface area contributed by atoms with Crippen LogP contribution in [0.1, 0.15) is 199 Å². The number of ether oxygens (including phenoxy) is 4. The maximum Gasteiger partial charge on any atom is 0.330 e. The van der Waals surface area contributed by atoms with Crippen LogP contribution in [-0.2, 0) is 23.7 Å². The molecule has 0 saturated heterocycles. The Balaban J connectivity index is 7.36. The number of hydrogen-bond donors (Lipinski definition) is 0. The summed E-state index contributed by atoms with van der Waals surface area (Å²) in [6, 6.07) is 0. The van der Waals surface area contributed by atoms with Crippen molar-refractivity contribution in [2.24, 2.45) is 16.2 Å². The van der Waals surface area contributed by atoms with Gasteiger partial charge >= 0.3 is 5.97 Å². The van der Waals surface area contributed by atoms with Gasteiger partial charge in [-0.1, -0.05) is 158 Å². The van der Waals surface area contributed by atoms with Gasteiger partial charge in [0, 0.05) is 31.1 Å². The third-order valence-corrected chi connectivity index (χ3v) is 15.4. The summed E-state index contributed by atoms with van der Waals surface area (Å²) in [6.07, 6.45) is 20.2. The molecule has 0 heterocycles. The first-order chi connectivity index (χ1) is 26.4. The number of rotatable bonds is 35. The monoisotopic (exact) mass is 785 g/mol. The van der Waals surface area contributed by atoms with Crippen LogP contribution in [0.3, 0.4) is 0 Å². The van der Waals surface area contributed by atoms with Gasteiger partial charge in [-0.2, -0.15) is 0 Å². The molecular weight excluding hydrogens is 693 g/mol. The Bertz CT molecular complexity index is 1200. The summed E-state index contributed by atoms with van der Waals surface area (Å²) in [5.74, 6) is -0.382. The predicted octanol–water partition coefficient (Wildman–Crippen LogP) is 15.1. The highest BCUT2D eigenvalue weighted by molar-refractivity contribution is 5.81. The fourth-order valence-electron chi connectivity index (χ4n) is 9.90. The lowest BCUT2D eigenvalue weighted by Gasteiger charge is -2.61. The van der Waals surface area contributed by atoms with Crippen molar-refractivity contribution in [2.75, 3.05) is 19.8 Å². The van der Waals surface area contributed by atoms with Crippen molar-refractivity contribution in [3.8, 4) is 0 Å². The van der Waals surface area contributed by atoms with Crippen LogP contribution in [-0.4, -0.2) is 48.2 Å². The SMILES string of the molecule is C=CC(=C)CC(CC)(CC)CCOC(C)(CC)CC(CC)(C(C)(CC)OCCC(CC)(CC)CC(=C)C=C)C(CC)(CC)OCCC(CC)(CC)OC(=O)C=C. The molecule has 0 bridgehead atoms. The molecule has 56 heavy (non-hydrogen) atoms. The lowest BCUT2D eigenvalue weighted by molar-refractivity contribution is -0.262. The normalized spacial score (nSPS) is 15.9. The molecule has 0 aromatic rings. The second-order valence-electron chi connectivity index (χ2n) is 17.5. The Labute approximate surface area is 348 Å². The highest BCUT2D eigenvalue weighted by atomic mass is 16.6. The van der Waals surface area contributed by atoms with Gasteiger partial charge < -0.3 is 18.9 Å². The van der Waals surface area contributed by atoms with E-state index in [9.17, 15) is 4.79 Å². The molecule has 5 heteroatoms. The van der Waals surface area contributed by atoms with Crippen LogP contribution >= 0.6 is 0 Å². The Kier molecular flexibility index (Phi) is 24.0. The first kappa shape index (κ1) is 54.0. The smallest absolute Gasteiger partial charge is 0.330 e. The molecule has 0 N–H and O–H groups in total. The number of carbonyl (C=O) groups is 1. The van der Waals surface area contributed by atoms with Gasteiger partial charge in [0.25, 0.3) is 0 Å². The van der Waals surface area contributed by atoms with E-state index in [0.29, 0.717) is 39.1 Å². The summed E-state index contributed by atoms with van der Waals surface area (Å²) in [6.45, 7) is 51.5. The van der Waals surface area contributed by atoms with E-state index in [1.54, 1.807) is 0 Å². The molecule has 3 unspecified atom stereocenters. The van der Waals surface area contributed by atoms with Crippen molar-refractivity contribution in [3.63, 3.8) is 0 Å². The van der Waals surface area contributed by atoms with Crippen molar-refractivity contribution in [1.82, 2.24) is 0 Å². The van der Waals surface area contributed by atoms with Gasteiger partial charge in [0.1, 0.15) is 5.60 Å². The van der Waals surface area contributed by atoms with Crippen LogP contribution < -0.4 is 0 Å². The average Bonchev–Trinajstić information content (AvgIpc) is 3.22. The van der Waals surface area contributed by atoms with E-state index in [1.165, 1.54) is 6.08 Å². The first-order valence-corrected chi connectivity index (χ1v) is 22.7. The van der Waals surface area contributed by atoms with Gasteiger partial charge in [0.2, 0.25) is 0 Å². The third-order valence-electron chi connectivity index (χ3n) is 15.4. The predicted molar refractivity (Wildman–Crippen MR) is 243 cm³/mol. The van der Waals surface area contributed by atoms with Gasteiger partial charge in [0.15, 0.2) is 0 Å². The second-order valence-corrected chi connectivity index (χ2v) is 17.5. The van der Waals surface area contributed by atoms with Gasteiger partial charge in [-0.15, -0.1) is 0 Å². The van der Waals surface area contributed by atoms with Gasteiger partial charge in [-0.05, 0) is 102 Å². The number of esters is 1. The van der Waals surface area contributed by atoms with Crippen LogP contribution in [0.25, 0.3) is 0 Å². The Morgan fingerprint density at radius 1 is 0.518 bits per heavy atom. The van der Waals surface area contributed by atoms with Gasteiger partial charge in [-0.25, -0.2) is 4.79 Å². The van der Waals surface area contributed by atoms with Crippen molar-refractivity contribution in [3.05, 3.63) is 62.3 Å². The molecule has 0 aliphatic heterocycles. The van der Waals surface area contributed by atoms with Crippen LogP contribution in [0.5, 0.6) is 0 Å². The lowest BCUT2D eigenvalue weighted by Crippen LogP contribution is -2.65. The molecule has 326 valence electrons. The summed E-state index contributed by atoms with van der Waals surface area (Å²) >= 11 is 0. The van der Waals surface area contributed by atoms with Crippen LogP contribution in [0.2, 0.25) is 0 Å². The highest BCUT2D eigenvalue weighted by Gasteiger charge is 2.61. The number of hydrogen-bond acceptors (Lipinski definition) is 5. The van der Waals surface area contributed by atoms with E-state index < -0.39 is 27.8 Å². The van der Waals surface area contributed by atoms with Crippen molar-refractivity contribution >= 4 is 5.97 Å². The van der Waals surface area contributed by atoms with E-state index in [1.807, 2.05) is 12.2 Å². The summed E-state index contributed by atoms with van der Waals surface area (Å²) in [4.78, 5) is 12.5. The van der Waals surface area contributed by atoms with Gasteiger partial charge in [0.05, 0.1) is 23.4 Å². The largest absolute Gasteiger partial charge is 0.456 e. The number of carbonyl (C=O) groups excluding carboxylic acids is 1. The van der Waals surface area contributed by atoms with Crippen molar-refractivity contribution in [2.45, 2.75) is 222 Å². The molecule has 0 aromatic carbocycles.